The van der Waals surface area contributed by atoms with Crippen LogP contribution in [0.25, 0.3) is 0 Å². The van der Waals surface area contributed by atoms with Gasteiger partial charge >= 0.3 is 0 Å². The summed E-state index contributed by atoms with van der Waals surface area (Å²) in [6.07, 6.45) is -1.08. The molecule has 0 heterocycles. The molecule has 2 rings (SSSR count). The molecule has 0 aliphatic rings. The van der Waals surface area contributed by atoms with Crippen LogP contribution in [0, 0.1) is 6.92 Å². The molecule has 2 atom stereocenters. The van der Waals surface area contributed by atoms with E-state index >= 15 is 0 Å². The van der Waals surface area contributed by atoms with Gasteiger partial charge in [0.05, 0.1) is 7.11 Å². The first-order chi connectivity index (χ1) is 10.2. The second kappa shape index (κ2) is 7.25. The third-order valence-electron chi connectivity index (χ3n) is 3.56. The van der Waals surface area contributed by atoms with E-state index in [-0.39, 0.29) is 6.10 Å². The van der Waals surface area contributed by atoms with Crippen LogP contribution in [-0.4, -0.2) is 18.8 Å². The third kappa shape index (κ3) is 3.63. The van der Waals surface area contributed by atoms with Crippen LogP contribution in [0.4, 0.5) is 0 Å². The minimum absolute atomic E-state index is 0.372. The Hall–Kier alpha value is -1.84. The molecule has 2 aromatic carbocycles. The van der Waals surface area contributed by atoms with Gasteiger partial charge in [-0.1, -0.05) is 36.4 Å². The Morgan fingerprint density at radius 3 is 2.38 bits per heavy atom. The molecule has 0 fully saturated rings. The molecular formula is C18H22O3. The van der Waals surface area contributed by atoms with E-state index in [4.69, 9.17) is 9.47 Å². The Kier molecular flexibility index (Phi) is 5.37. The van der Waals surface area contributed by atoms with Gasteiger partial charge in [0.2, 0.25) is 0 Å². The molecule has 0 aromatic heterocycles. The molecule has 0 saturated carbocycles. The second-order valence-corrected chi connectivity index (χ2v) is 4.95. The fraction of sp³-hybridized carbons (Fsp3) is 0.333. The minimum Gasteiger partial charge on any atom is -0.497 e. The van der Waals surface area contributed by atoms with Crippen LogP contribution < -0.4 is 4.74 Å². The SMILES string of the molecule is CCOC(c1ccccc1)C(O)c1ccc(OC)cc1C. The Balaban J connectivity index is 2.32. The van der Waals surface area contributed by atoms with E-state index < -0.39 is 6.10 Å². The normalized spacial score (nSPS) is 13.7. The van der Waals surface area contributed by atoms with Gasteiger partial charge in [-0.2, -0.15) is 0 Å². The lowest BCUT2D eigenvalue weighted by atomic mass is 9.95. The average molecular weight is 286 g/mol. The van der Waals surface area contributed by atoms with E-state index in [1.165, 1.54) is 0 Å². The van der Waals surface area contributed by atoms with Crippen molar-refractivity contribution >= 4 is 0 Å². The van der Waals surface area contributed by atoms with Crippen molar-refractivity contribution in [1.82, 2.24) is 0 Å². The Bertz CT molecular complexity index is 566. The highest BCUT2D eigenvalue weighted by Gasteiger charge is 2.24. The molecule has 112 valence electrons. The highest BCUT2D eigenvalue weighted by molar-refractivity contribution is 5.37. The molecule has 0 saturated heterocycles. The van der Waals surface area contributed by atoms with Crippen LogP contribution in [0.5, 0.6) is 5.75 Å². The Morgan fingerprint density at radius 2 is 1.81 bits per heavy atom. The number of rotatable bonds is 6. The molecule has 0 bridgehead atoms. The lowest BCUT2D eigenvalue weighted by molar-refractivity contribution is -0.0364. The summed E-state index contributed by atoms with van der Waals surface area (Å²) in [5.74, 6) is 0.788. The van der Waals surface area contributed by atoms with Gasteiger partial charge in [0.25, 0.3) is 0 Å². The number of methoxy groups -OCH3 is 1. The minimum atomic E-state index is -0.710. The zero-order valence-corrected chi connectivity index (χ0v) is 12.7. The molecule has 2 aromatic rings. The molecule has 3 nitrogen and oxygen atoms in total. The summed E-state index contributed by atoms with van der Waals surface area (Å²) in [4.78, 5) is 0. The van der Waals surface area contributed by atoms with E-state index in [2.05, 4.69) is 0 Å². The van der Waals surface area contributed by atoms with Crippen molar-refractivity contribution in [1.29, 1.82) is 0 Å². The monoisotopic (exact) mass is 286 g/mol. The zero-order valence-electron chi connectivity index (χ0n) is 12.7. The lowest BCUT2D eigenvalue weighted by Gasteiger charge is -2.25. The number of hydrogen-bond donors (Lipinski definition) is 1. The van der Waals surface area contributed by atoms with Crippen LogP contribution in [0.1, 0.15) is 35.8 Å². The van der Waals surface area contributed by atoms with Gasteiger partial charge in [0.1, 0.15) is 18.0 Å². The number of aliphatic hydroxyl groups excluding tert-OH is 1. The van der Waals surface area contributed by atoms with Gasteiger partial charge in [-0.25, -0.2) is 0 Å². The molecule has 2 unspecified atom stereocenters. The quantitative estimate of drug-likeness (QED) is 0.877. The molecule has 0 radical (unpaired) electrons. The number of hydrogen-bond acceptors (Lipinski definition) is 3. The van der Waals surface area contributed by atoms with Crippen molar-refractivity contribution < 1.29 is 14.6 Å². The average Bonchev–Trinajstić information content (AvgIpc) is 2.52. The van der Waals surface area contributed by atoms with Crippen molar-refractivity contribution in [3.8, 4) is 5.75 Å². The largest absolute Gasteiger partial charge is 0.497 e. The van der Waals surface area contributed by atoms with Crippen molar-refractivity contribution in [2.75, 3.05) is 13.7 Å². The second-order valence-electron chi connectivity index (χ2n) is 4.95. The summed E-state index contributed by atoms with van der Waals surface area (Å²) in [5, 5.41) is 10.7. The number of aryl methyl sites for hydroxylation is 1. The van der Waals surface area contributed by atoms with E-state index in [0.717, 1.165) is 22.4 Å². The summed E-state index contributed by atoms with van der Waals surface area (Å²) in [6, 6.07) is 15.5. The van der Waals surface area contributed by atoms with Crippen LogP contribution in [0.2, 0.25) is 0 Å². The summed E-state index contributed by atoms with van der Waals surface area (Å²) >= 11 is 0. The van der Waals surface area contributed by atoms with E-state index in [0.29, 0.717) is 6.61 Å². The first-order valence-electron chi connectivity index (χ1n) is 7.16. The highest BCUT2D eigenvalue weighted by atomic mass is 16.5. The van der Waals surface area contributed by atoms with Crippen LogP contribution in [0.3, 0.4) is 0 Å². The van der Waals surface area contributed by atoms with Crippen molar-refractivity contribution in [3.05, 3.63) is 65.2 Å². The molecule has 0 aliphatic carbocycles. The number of ether oxygens (including phenoxy) is 2. The van der Waals surface area contributed by atoms with Gasteiger partial charge in [-0.3, -0.25) is 0 Å². The van der Waals surface area contributed by atoms with Crippen LogP contribution in [0.15, 0.2) is 48.5 Å². The fourth-order valence-electron chi connectivity index (χ4n) is 2.46. The zero-order chi connectivity index (χ0) is 15.2. The standard InChI is InChI=1S/C18H22O3/c1-4-21-18(14-8-6-5-7-9-14)17(19)16-11-10-15(20-3)12-13(16)2/h5-12,17-19H,4H2,1-3H3. The predicted octanol–water partition coefficient (Wildman–Crippen LogP) is 3.81. The van der Waals surface area contributed by atoms with Gasteiger partial charge < -0.3 is 14.6 Å². The lowest BCUT2D eigenvalue weighted by Crippen LogP contribution is -2.15. The van der Waals surface area contributed by atoms with Crippen molar-refractivity contribution in [2.45, 2.75) is 26.1 Å². The van der Waals surface area contributed by atoms with Crippen molar-refractivity contribution in [2.24, 2.45) is 0 Å². The molecule has 21 heavy (non-hydrogen) atoms. The number of aliphatic hydroxyl groups is 1. The van der Waals surface area contributed by atoms with E-state index in [9.17, 15) is 5.11 Å². The van der Waals surface area contributed by atoms with Gasteiger partial charge in [-0.05, 0) is 42.7 Å². The van der Waals surface area contributed by atoms with Gasteiger partial charge in [0, 0.05) is 6.61 Å². The fourth-order valence-corrected chi connectivity index (χ4v) is 2.46. The molecule has 0 amide bonds. The maximum absolute atomic E-state index is 10.7. The molecule has 0 spiro atoms. The third-order valence-corrected chi connectivity index (χ3v) is 3.56. The van der Waals surface area contributed by atoms with E-state index in [1.54, 1.807) is 7.11 Å². The first kappa shape index (κ1) is 15.5. The van der Waals surface area contributed by atoms with Gasteiger partial charge in [0.15, 0.2) is 0 Å². The highest BCUT2D eigenvalue weighted by Crippen LogP contribution is 2.34. The summed E-state index contributed by atoms with van der Waals surface area (Å²) < 4.78 is 11.0. The topological polar surface area (TPSA) is 38.7 Å². The van der Waals surface area contributed by atoms with Crippen molar-refractivity contribution in [3.63, 3.8) is 0 Å². The van der Waals surface area contributed by atoms with Gasteiger partial charge in [-0.15, -0.1) is 0 Å². The smallest absolute Gasteiger partial charge is 0.119 e. The molecular weight excluding hydrogens is 264 g/mol. The molecule has 3 heteroatoms. The Morgan fingerprint density at radius 1 is 1.10 bits per heavy atom. The summed E-state index contributed by atoms with van der Waals surface area (Å²) in [7, 11) is 1.64. The number of benzene rings is 2. The van der Waals surface area contributed by atoms with Crippen LogP contribution >= 0.6 is 0 Å². The predicted molar refractivity (Wildman–Crippen MR) is 83.5 cm³/mol. The first-order valence-corrected chi connectivity index (χ1v) is 7.16. The maximum atomic E-state index is 10.7. The van der Waals surface area contributed by atoms with Crippen LogP contribution in [-0.2, 0) is 4.74 Å². The maximum Gasteiger partial charge on any atom is 0.119 e. The summed E-state index contributed by atoms with van der Waals surface area (Å²) in [5.41, 5.74) is 2.82. The molecule has 0 aliphatic heterocycles. The summed E-state index contributed by atoms with van der Waals surface area (Å²) in [6.45, 7) is 4.45. The van der Waals surface area contributed by atoms with E-state index in [1.807, 2.05) is 62.4 Å². The molecule has 1 N–H and O–H groups in total. The Labute approximate surface area is 126 Å².